The van der Waals surface area contributed by atoms with Crippen LogP contribution in [0, 0.1) is 0 Å². The van der Waals surface area contributed by atoms with E-state index in [0.29, 0.717) is 26.1 Å². The fraction of sp³-hybridized carbons (Fsp3) is 0.533. The van der Waals surface area contributed by atoms with Crippen molar-refractivity contribution in [3.63, 3.8) is 0 Å². The molecule has 0 bridgehead atoms. The zero-order chi connectivity index (χ0) is 24.7. The van der Waals surface area contributed by atoms with Gasteiger partial charge in [-0.05, 0) is 24.0 Å². The fourth-order valence-corrected chi connectivity index (χ4v) is 3.37. The fourth-order valence-electron chi connectivity index (χ4n) is 3.37. The summed E-state index contributed by atoms with van der Waals surface area (Å²) in [7, 11) is 0. The predicted octanol–water partition coefficient (Wildman–Crippen LogP) is 8.18. The first-order valence-electron chi connectivity index (χ1n) is 13.0. The standard InChI is InChI=1S/2C15H22O2/c2*1-2-3-4-5-9-12-15(16)17-13-14-10-7-6-8-11-14/h2*6-8,10-11H,2-5,9,12-13H2,1H3. The molecule has 2 aromatic rings. The van der Waals surface area contributed by atoms with Crippen LogP contribution in [0.3, 0.4) is 0 Å². The van der Waals surface area contributed by atoms with Crippen LogP contribution in [0.4, 0.5) is 0 Å². The molecular formula is C30H44O4. The summed E-state index contributed by atoms with van der Waals surface area (Å²) in [6.07, 6.45) is 12.7. The minimum atomic E-state index is -0.0784. The van der Waals surface area contributed by atoms with Crippen molar-refractivity contribution in [1.29, 1.82) is 0 Å². The molecule has 4 heteroatoms. The van der Waals surface area contributed by atoms with Crippen LogP contribution in [0.1, 0.15) is 102 Å². The maximum Gasteiger partial charge on any atom is 0.306 e. The Morgan fingerprint density at radius 1 is 0.529 bits per heavy atom. The van der Waals surface area contributed by atoms with Crippen LogP contribution in [0.25, 0.3) is 0 Å². The molecule has 0 radical (unpaired) electrons. The monoisotopic (exact) mass is 468 g/mol. The van der Waals surface area contributed by atoms with E-state index in [1.165, 1.54) is 38.5 Å². The molecule has 0 heterocycles. The minimum Gasteiger partial charge on any atom is -0.461 e. The number of esters is 2. The summed E-state index contributed by atoms with van der Waals surface area (Å²) in [4.78, 5) is 22.9. The van der Waals surface area contributed by atoms with E-state index in [0.717, 1.165) is 36.8 Å². The molecule has 0 amide bonds. The molecule has 34 heavy (non-hydrogen) atoms. The zero-order valence-corrected chi connectivity index (χ0v) is 21.3. The third-order valence-electron chi connectivity index (χ3n) is 5.45. The highest BCUT2D eigenvalue weighted by Gasteiger charge is 2.03. The molecular weight excluding hydrogens is 424 g/mol. The number of carbonyl (C=O) groups excluding carboxylic acids is 2. The van der Waals surface area contributed by atoms with Crippen molar-refractivity contribution in [1.82, 2.24) is 0 Å². The molecule has 0 atom stereocenters. The zero-order valence-electron chi connectivity index (χ0n) is 21.3. The molecule has 0 aliphatic carbocycles. The van der Waals surface area contributed by atoms with Gasteiger partial charge < -0.3 is 9.47 Å². The highest BCUT2D eigenvalue weighted by molar-refractivity contribution is 5.69. The molecule has 0 saturated heterocycles. The molecule has 2 rings (SSSR count). The van der Waals surface area contributed by atoms with E-state index in [2.05, 4.69) is 13.8 Å². The lowest BCUT2D eigenvalue weighted by Crippen LogP contribution is -2.04. The normalized spacial score (nSPS) is 10.2. The van der Waals surface area contributed by atoms with Gasteiger partial charge in [-0.15, -0.1) is 0 Å². The van der Waals surface area contributed by atoms with Gasteiger partial charge in [0.25, 0.3) is 0 Å². The summed E-state index contributed by atoms with van der Waals surface area (Å²) >= 11 is 0. The highest BCUT2D eigenvalue weighted by atomic mass is 16.5. The largest absolute Gasteiger partial charge is 0.461 e. The van der Waals surface area contributed by atoms with Crippen LogP contribution in [-0.2, 0) is 32.3 Å². The van der Waals surface area contributed by atoms with Gasteiger partial charge in [-0.25, -0.2) is 0 Å². The van der Waals surface area contributed by atoms with Crippen LogP contribution < -0.4 is 0 Å². The Kier molecular flexibility index (Phi) is 18.1. The molecule has 0 aromatic heterocycles. The Balaban J connectivity index is 0.000000340. The van der Waals surface area contributed by atoms with Crippen molar-refractivity contribution < 1.29 is 19.1 Å². The number of benzene rings is 2. The second kappa shape index (κ2) is 20.9. The number of hydrogen-bond acceptors (Lipinski definition) is 4. The molecule has 4 nitrogen and oxygen atoms in total. The Hall–Kier alpha value is -2.62. The van der Waals surface area contributed by atoms with Crippen LogP contribution in [0.2, 0.25) is 0 Å². The van der Waals surface area contributed by atoms with Gasteiger partial charge >= 0.3 is 11.9 Å². The van der Waals surface area contributed by atoms with Gasteiger partial charge in [-0.3, -0.25) is 9.59 Å². The van der Waals surface area contributed by atoms with E-state index >= 15 is 0 Å². The van der Waals surface area contributed by atoms with E-state index < -0.39 is 0 Å². The summed E-state index contributed by atoms with van der Waals surface area (Å²) in [6.45, 7) is 5.17. The molecule has 0 aliphatic heterocycles. The number of carbonyl (C=O) groups is 2. The summed E-state index contributed by atoms with van der Waals surface area (Å²) in [5.41, 5.74) is 2.10. The van der Waals surface area contributed by atoms with E-state index in [9.17, 15) is 9.59 Å². The van der Waals surface area contributed by atoms with Gasteiger partial charge in [-0.1, -0.05) is 126 Å². The molecule has 0 saturated carbocycles. The summed E-state index contributed by atoms with van der Waals surface area (Å²) in [5, 5.41) is 0. The van der Waals surface area contributed by atoms with Crippen LogP contribution in [-0.4, -0.2) is 11.9 Å². The Bertz CT molecular complexity index is 677. The Morgan fingerprint density at radius 3 is 1.24 bits per heavy atom. The van der Waals surface area contributed by atoms with Crippen molar-refractivity contribution in [2.75, 3.05) is 0 Å². The molecule has 0 unspecified atom stereocenters. The molecule has 0 N–H and O–H groups in total. The van der Waals surface area contributed by atoms with Gasteiger partial charge in [0.15, 0.2) is 0 Å². The van der Waals surface area contributed by atoms with Crippen LogP contribution in [0.15, 0.2) is 60.7 Å². The minimum absolute atomic E-state index is 0.0784. The Morgan fingerprint density at radius 2 is 0.882 bits per heavy atom. The summed E-state index contributed by atoms with van der Waals surface area (Å²) in [6, 6.07) is 19.6. The topological polar surface area (TPSA) is 52.6 Å². The molecule has 188 valence electrons. The van der Waals surface area contributed by atoms with Gasteiger partial charge in [0.2, 0.25) is 0 Å². The quantitative estimate of drug-likeness (QED) is 0.184. The summed E-state index contributed by atoms with van der Waals surface area (Å²) in [5.74, 6) is -0.157. The van der Waals surface area contributed by atoms with Crippen LogP contribution >= 0.6 is 0 Å². The maximum absolute atomic E-state index is 11.4. The molecule has 2 aromatic carbocycles. The lowest BCUT2D eigenvalue weighted by atomic mass is 10.1. The SMILES string of the molecule is CCCCCCCC(=O)OCc1ccccc1.CCCCCCCC(=O)OCc1ccccc1. The lowest BCUT2D eigenvalue weighted by molar-refractivity contribution is -0.146. The van der Waals surface area contributed by atoms with Crippen molar-refractivity contribution in [3.05, 3.63) is 71.8 Å². The van der Waals surface area contributed by atoms with Crippen molar-refractivity contribution in [2.24, 2.45) is 0 Å². The second-order valence-electron chi connectivity index (χ2n) is 8.62. The molecule has 0 spiro atoms. The predicted molar refractivity (Wildman–Crippen MR) is 139 cm³/mol. The van der Waals surface area contributed by atoms with Gasteiger partial charge in [0, 0.05) is 12.8 Å². The van der Waals surface area contributed by atoms with Crippen molar-refractivity contribution in [3.8, 4) is 0 Å². The third kappa shape index (κ3) is 16.9. The first-order chi connectivity index (χ1) is 16.7. The average Bonchev–Trinajstić information content (AvgIpc) is 2.87. The van der Waals surface area contributed by atoms with Crippen molar-refractivity contribution in [2.45, 2.75) is 104 Å². The number of rotatable bonds is 16. The third-order valence-corrected chi connectivity index (χ3v) is 5.45. The molecule has 0 aliphatic rings. The number of ether oxygens (including phenoxy) is 2. The van der Waals surface area contributed by atoms with E-state index in [4.69, 9.17) is 9.47 Å². The first kappa shape index (κ1) is 29.4. The van der Waals surface area contributed by atoms with Crippen molar-refractivity contribution >= 4 is 11.9 Å². The van der Waals surface area contributed by atoms with Crippen LogP contribution in [0.5, 0.6) is 0 Å². The van der Waals surface area contributed by atoms with Gasteiger partial charge in [0.05, 0.1) is 0 Å². The second-order valence-corrected chi connectivity index (χ2v) is 8.62. The average molecular weight is 469 g/mol. The maximum atomic E-state index is 11.4. The number of unbranched alkanes of at least 4 members (excludes halogenated alkanes) is 8. The smallest absolute Gasteiger partial charge is 0.306 e. The van der Waals surface area contributed by atoms with E-state index in [1.807, 2.05) is 60.7 Å². The van der Waals surface area contributed by atoms with Gasteiger partial charge in [0.1, 0.15) is 13.2 Å². The first-order valence-corrected chi connectivity index (χ1v) is 13.0. The summed E-state index contributed by atoms with van der Waals surface area (Å²) < 4.78 is 10.4. The Labute approximate surface area is 207 Å². The number of hydrogen-bond donors (Lipinski definition) is 0. The van der Waals surface area contributed by atoms with Gasteiger partial charge in [-0.2, -0.15) is 0 Å². The lowest BCUT2D eigenvalue weighted by Gasteiger charge is -2.04. The molecule has 0 fully saturated rings. The van der Waals surface area contributed by atoms with E-state index in [-0.39, 0.29) is 11.9 Å². The van der Waals surface area contributed by atoms with E-state index in [1.54, 1.807) is 0 Å². The highest BCUT2D eigenvalue weighted by Crippen LogP contribution is 2.08.